The Kier molecular flexibility index (Phi) is 6.25. The standard InChI is InChI=1S/C46H30/c1-2-14-31(15-3-1)32-26-28-33(29-27-32)35-17-6-9-21-39(35)45-40-22-10-12-24-42(40)46(43-25-13-11-23-41(43)45)44-30-34-16-4-5-18-36(34)37-19-7-8-20-38(37)44/h1-30H. The molecular formula is C46H30. The molecule has 0 saturated carbocycles. The lowest BCUT2D eigenvalue weighted by molar-refractivity contribution is 1.58. The van der Waals surface area contributed by atoms with Crippen LogP contribution in [0.5, 0.6) is 0 Å². The van der Waals surface area contributed by atoms with Gasteiger partial charge in [-0.3, -0.25) is 0 Å². The minimum absolute atomic E-state index is 1.22. The van der Waals surface area contributed by atoms with Crippen molar-refractivity contribution in [1.82, 2.24) is 0 Å². The van der Waals surface area contributed by atoms with Crippen LogP contribution in [0.25, 0.3) is 87.6 Å². The molecule has 0 aliphatic rings. The van der Waals surface area contributed by atoms with Crippen molar-refractivity contribution in [1.29, 1.82) is 0 Å². The van der Waals surface area contributed by atoms with Gasteiger partial charge >= 0.3 is 0 Å². The van der Waals surface area contributed by atoms with Crippen LogP contribution in [0.2, 0.25) is 0 Å². The Morgan fingerprint density at radius 1 is 0.217 bits per heavy atom. The minimum Gasteiger partial charge on any atom is -0.0622 e. The first-order valence-corrected chi connectivity index (χ1v) is 15.9. The fourth-order valence-electron chi connectivity index (χ4n) is 7.40. The molecule has 0 aliphatic heterocycles. The number of benzene rings is 9. The first-order valence-electron chi connectivity index (χ1n) is 15.9. The molecule has 0 spiro atoms. The molecule has 0 aliphatic carbocycles. The van der Waals surface area contributed by atoms with Gasteiger partial charge in [-0.1, -0.05) is 176 Å². The minimum atomic E-state index is 1.22. The SMILES string of the molecule is c1ccc(-c2ccc(-c3ccccc3-c3c4ccccc4c(-c4cc5ccccc5c5ccccc45)c4ccccc34)cc2)cc1. The molecular weight excluding hydrogens is 553 g/mol. The van der Waals surface area contributed by atoms with Crippen molar-refractivity contribution < 1.29 is 0 Å². The summed E-state index contributed by atoms with van der Waals surface area (Å²) in [4.78, 5) is 0. The van der Waals surface area contributed by atoms with E-state index in [9.17, 15) is 0 Å². The van der Waals surface area contributed by atoms with E-state index in [4.69, 9.17) is 0 Å². The highest BCUT2D eigenvalue weighted by Gasteiger charge is 2.20. The number of hydrogen-bond acceptors (Lipinski definition) is 0. The first kappa shape index (κ1) is 26.4. The van der Waals surface area contributed by atoms with E-state index in [0.29, 0.717) is 0 Å². The van der Waals surface area contributed by atoms with E-state index in [0.717, 1.165) is 0 Å². The average molecular weight is 583 g/mol. The van der Waals surface area contributed by atoms with Crippen LogP contribution in [0.1, 0.15) is 0 Å². The molecule has 9 aromatic rings. The van der Waals surface area contributed by atoms with Crippen LogP contribution in [0, 0.1) is 0 Å². The Bertz CT molecular complexity index is 2500. The summed E-state index contributed by atoms with van der Waals surface area (Å²) < 4.78 is 0. The van der Waals surface area contributed by atoms with Gasteiger partial charge in [0.05, 0.1) is 0 Å². The van der Waals surface area contributed by atoms with Gasteiger partial charge < -0.3 is 0 Å². The lowest BCUT2D eigenvalue weighted by Gasteiger charge is -2.21. The van der Waals surface area contributed by atoms with Crippen LogP contribution >= 0.6 is 0 Å². The maximum Gasteiger partial charge on any atom is -0.00199 e. The molecule has 0 nitrogen and oxygen atoms in total. The Labute approximate surface area is 268 Å². The van der Waals surface area contributed by atoms with E-state index in [2.05, 4.69) is 182 Å². The van der Waals surface area contributed by atoms with Crippen LogP contribution < -0.4 is 0 Å². The van der Waals surface area contributed by atoms with Gasteiger partial charge in [0.15, 0.2) is 0 Å². The van der Waals surface area contributed by atoms with Crippen molar-refractivity contribution in [3.05, 3.63) is 182 Å². The summed E-state index contributed by atoms with van der Waals surface area (Å²) >= 11 is 0. The predicted molar refractivity (Wildman–Crippen MR) is 198 cm³/mol. The maximum absolute atomic E-state index is 2.40. The van der Waals surface area contributed by atoms with Gasteiger partial charge in [0.1, 0.15) is 0 Å². The average Bonchev–Trinajstić information content (AvgIpc) is 3.14. The van der Waals surface area contributed by atoms with E-state index in [1.807, 2.05) is 0 Å². The zero-order valence-electron chi connectivity index (χ0n) is 25.3. The number of hydrogen-bond donors (Lipinski definition) is 0. The summed E-state index contributed by atoms with van der Waals surface area (Å²) in [5.41, 5.74) is 10.0. The van der Waals surface area contributed by atoms with E-state index < -0.39 is 0 Å². The summed E-state index contributed by atoms with van der Waals surface area (Å²) in [6, 6.07) is 66.5. The monoisotopic (exact) mass is 582 g/mol. The molecule has 46 heavy (non-hydrogen) atoms. The third-order valence-electron chi connectivity index (χ3n) is 9.47. The van der Waals surface area contributed by atoms with Crippen molar-refractivity contribution in [2.75, 3.05) is 0 Å². The summed E-state index contributed by atoms with van der Waals surface area (Å²) in [5, 5.41) is 10.2. The van der Waals surface area contributed by atoms with Crippen molar-refractivity contribution in [2.24, 2.45) is 0 Å². The Hall–Kier alpha value is -5.98. The summed E-state index contributed by atoms with van der Waals surface area (Å²) in [6.45, 7) is 0. The summed E-state index contributed by atoms with van der Waals surface area (Å²) in [7, 11) is 0. The molecule has 0 heteroatoms. The van der Waals surface area contributed by atoms with Gasteiger partial charge in [-0.05, 0) is 93.7 Å². The lowest BCUT2D eigenvalue weighted by atomic mass is 9.82. The van der Waals surface area contributed by atoms with Crippen LogP contribution in [0.15, 0.2) is 182 Å². The van der Waals surface area contributed by atoms with E-state index in [1.54, 1.807) is 0 Å². The Morgan fingerprint density at radius 2 is 0.630 bits per heavy atom. The molecule has 0 radical (unpaired) electrons. The molecule has 9 aromatic carbocycles. The van der Waals surface area contributed by atoms with Gasteiger partial charge in [-0.15, -0.1) is 0 Å². The molecule has 0 aromatic heterocycles. The van der Waals surface area contributed by atoms with Gasteiger partial charge in [-0.2, -0.15) is 0 Å². The van der Waals surface area contributed by atoms with Crippen LogP contribution in [-0.4, -0.2) is 0 Å². The van der Waals surface area contributed by atoms with Crippen molar-refractivity contribution in [3.8, 4) is 44.5 Å². The smallest absolute Gasteiger partial charge is 0.00199 e. The molecule has 214 valence electrons. The van der Waals surface area contributed by atoms with Crippen molar-refractivity contribution in [3.63, 3.8) is 0 Å². The third-order valence-corrected chi connectivity index (χ3v) is 9.47. The quantitative estimate of drug-likeness (QED) is 0.143. The molecule has 0 heterocycles. The van der Waals surface area contributed by atoms with E-state index >= 15 is 0 Å². The van der Waals surface area contributed by atoms with Gasteiger partial charge in [-0.25, -0.2) is 0 Å². The molecule has 0 atom stereocenters. The highest BCUT2D eigenvalue weighted by Crippen LogP contribution is 2.48. The molecule has 0 bridgehead atoms. The highest BCUT2D eigenvalue weighted by atomic mass is 14.2. The third kappa shape index (κ3) is 4.23. The zero-order valence-corrected chi connectivity index (χ0v) is 25.3. The summed E-state index contributed by atoms with van der Waals surface area (Å²) in [5.74, 6) is 0. The normalized spacial score (nSPS) is 11.5. The molecule has 0 unspecified atom stereocenters. The van der Waals surface area contributed by atoms with Crippen LogP contribution in [-0.2, 0) is 0 Å². The number of rotatable bonds is 4. The second-order valence-electron chi connectivity index (χ2n) is 12.0. The highest BCUT2D eigenvalue weighted by molar-refractivity contribution is 6.26. The van der Waals surface area contributed by atoms with Crippen LogP contribution in [0.4, 0.5) is 0 Å². The second-order valence-corrected chi connectivity index (χ2v) is 12.0. The Morgan fingerprint density at radius 3 is 1.26 bits per heavy atom. The van der Waals surface area contributed by atoms with Crippen molar-refractivity contribution in [2.45, 2.75) is 0 Å². The predicted octanol–water partition coefficient (Wildman–Crippen LogP) is 13.0. The second kappa shape index (κ2) is 10.9. The van der Waals surface area contributed by atoms with Gasteiger partial charge in [0, 0.05) is 0 Å². The maximum atomic E-state index is 2.40. The lowest BCUT2D eigenvalue weighted by Crippen LogP contribution is -1.93. The topological polar surface area (TPSA) is 0 Å². The molecule has 9 rings (SSSR count). The molecule has 0 saturated heterocycles. The zero-order chi connectivity index (χ0) is 30.5. The molecule has 0 fully saturated rings. The van der Waals surface area contributed by atoms with Crippen molar-refractivity contribution >= 4 is 43.1 Å². The van der Waals surface area contributed by atoms with E-state index in [1.165, 1.54) is 87.6 Å². The number of fused-ring (bicyclic) bond motifs is 5. The molecule has 0 amide bonds. The van der Waals surface area contributed by atoms with Gasteiger partial charge in [0.2, 0.25) is 0 Å². The fourth-order valence-corrected chi connectivity index (χ4v) is 7.40. The summed E-state index contributed by atoms with van der Waals surface area (Å²) in [6.07, 6.45) is 0. The van der Waals surface area contributed by atoms with Gasteiger partial charge in [0.25, 0.3) is 0 Å². The van der Waals surface area contributed by atoms with Crippen LogP contribution in [0.3, 0.4) is 0 Å². The van der Waals surface area contributed by atoms with E-state index in [-0.39, 0.29) is 0 Å². The molecule has 0 N–H and O–H groups in total. The first-order chi connectivity index (χ1) is 22.8. The fraction of sp³-hybridized carbons (Fsp3) is 0. The Balaban J connectivity index is 1.33. The largest absolute Gasteiger partial charge is 0.0622 e.